The molecule has 248 valence electrons. The summed E-state index contributed by atoms with van der Waals surface area (Å²) in [6.07, 6.45) is 4.03. The van der Waals surface area contributed by atoms with E-state index in [1.54, 1.807) is 49.8 Å². The van der Waals surface area contributed by atoms with Gasteiger partial charge >= 0.3 is 5.69 Å². The predicted octanol–water partition coefficient (Wildman–Crippen LogP) is 3.75. The van der Waals surface area contributed by atoms with E-state index in [2.05, 4.69) is 55.9 Å². The van der Waals surface area contributed by atoms with Gasteiger partial charge in [-0.3, -0.25) is 34.8 Å². The molecule has 0 aliphatic heterocycles. The van der Waals surface area contributed by atoms with Gasteiger partial charge < -0.3 is 19.7 Å². The Morgan fingerprint density at radius 1 is 0.840 bits per heavy atom. The highest BCUT2D eigenvalue weighted by Crippen LogP contribution is 2.51. The number of pyridine rings is 2. The van der Waals surface area contributed by atoms with Crippen molar-refractivity contribution >= 4 is 34.7 Å². The first kappa shape index (κ1) is 30.4. The molecule has 0 radical (unpaired) electrons. The first-order chi connectivity index (χ1) is 24.4. The lowest BCUT2D eigenvalue weighted by molar-refractivity contribution is -0.118. The lowest BCUT2D eigenvalue weighted by Crippen LogP contribution is -2.26. The molecule has 8 rings (SSSR count). The van der Waals surface area contributed by atoms with E-state index in [1.807, 2.05) is 42.5 Å². The molecule has 16 heteroatoms. The number of methoxy groups -OCH3 is 1. The van der Waals surface area contributed by atoms with Crippen LogP contribution in [0.25, 0.3) is 45.2 Å². The van der Waals surface area contributed by atoms with Crippen LogP contribution in [-0.2, 0) is 16.1 Å². The van der Waals surface area contributed by atoms with Gasteiger partial charge in [0.1, 0.15) is 23.7 Å². The van der Waals surface area contributed by atoms with Crippen LogP contribution in [0.5, 0.6) is 5.75 Å². The second-order valence-corrected chi connectivity index (χ2v) is 11.7. The van der Waals surface area contributed by atoms with Gasteiger partial charge in [-0.25, -0.2) is 4.79 Å². The lowest BCUT2D eigenvalue weighted by atomic mass is 10.00. The van der Waals surface area contributed by atoms with Gasteiger partial charge in [0, 0.05) is 23.9 Å². The third-order valence-electron chi connectivity index (χ3n) is 8.46. The fourth-order valence-corrected chi connectivity index (χ4v) is 5.90. The normalized spacial score (nSPS) is 15.1. The van der Waals surface area contributed by atoms with E-state index in [0.717, 1.165) is 16.7 Å². The minimum atomic E-state index is -0.443. The van der Waals surface area contributed by atoms with Gasteiger partial charge in [0.25, 0.3) is 0 Å². The van der Waals surface area contributed by atoms with Crippen molar-refractivity contribution in [3.8, 4) is 39.9 Å². The number of ether oxygens (including phenoxy) is 1. The number of para-hydroxylation sites is 2. The van der Waals surface area contributed by atoms with Crippen LogP contribution in [0.15, 0.2) is 90.0 Å². The molecule has 7 aromatic rings. The van der Waals surface area contributed by atoms with Crippen LogP contribution in [0.3, 0.4) is 0 Å². The summed E-state index contributed by atoms with van der Waals surface area (Å²) in [5.74, 6) is 1.02. The second kappa shape index (κ2) is 12.6. The number of H-pyrrole nitrogens is 3. The lowest BCUT2D eigenvalue weighted by Gasteiger charge is -2.11. The van der Waals surface area contributed by atoms with Crippen LogP contribution in [0.4, 0.5) is 11.9 Å². The molecule has 5 heterocycles. The number of hydrogen-bond acceptors (Lipinski definition) is 10. The molecule has 2 unspecified atom stereocenters. The van der Waals surface area contributed by atoms with Crippen LogP contribution in [-0.4, -0.2) is 68.8 Å². The number of anilines is 2. The number of amides is 2. The number of benzene rings is 2. The number of aromatic amines is 3. The number of rotatable bonds is 10. The molecule has 1 fully saturated rings. The fraction of sp³-hybridized carbons (Fsp3) is 0.147. The molecule has 0 spiro atoms. The van der Waals surface area contributed by atoms with Gasteiger partial charge in [-0.15, -0.1) is 20.4 Å². The number of hydrogen-bond donors (Lipinski definition) is 5. The smallest absolute Gasteiger partial charge is 0.326 e. The number of aromatic nitrogens is 10. The number of imidazole rings is 1. The van der Waals surface area contributed by atoms with Crippen molar-refractivity contribution in [1.29, 1.82) is 0 Å². The van der Waals surface area contributed by atoms with Crippen molar-refractivity contribution in [2.45, 2.75) is 18.9 Å². The molecule has 50 heavy (non-hydrogen) atoms. The molecule has 0 bridgehead atoms. The highest BCUT2D eigenvalue weighted by atomic mass is 16.5. The monoisotopic (exact) mass is 668 g/mol. The molecule has 1 aliphatic rings. The number of nitrogens with one attached hydrogen (secondary N) is 5. The van der Waals surface area contributed by atoms with Crippen LogP contribution in [0.2, 0.25) is 0 Å². The van der Waals surface area contributed by atoms with Gasteiger partial charge in [0.2, 0.25) is 23.7 Å². The predicted molar refractivity (Wildman–Crippen MR) is 182 cm³/mol. The van der Waals surface area contributed by atoms with E-state index in [0.29, 0.717) is 46.2 Å². The van der Waals surface area contributed by atoms with E-state index in [-0.39, 0.29) is 41.9 Å². The van der Waals surface area contributed by atoms with Crippen LogP contribution >= 0.6 is 0 Å². The Bertz CT molecular complexity index is 2410. The molecule has 0 saturated heterocycles. The van der Waals surface area contributed by atoms with E-state index >= 15 is 0 Å². The van der Waals surface area contributed by atoms with Crippen molar-refractivity contribution in [1.82, 2.24) is 49.9 Å². The number of nitrogens with zero attached hydrogens (tertiary/aromatic N) is 7. The summed E-state index contributed by atoms with van der Waals surface area (Å²) in [6.45, 7) is -0.197. The minimum absolute atomic E-state index is 0.0345. The summed E-state index contributed by atoms with van der Waals surface area (Å²) < 4.78 is 7.00. The van der Waals surface area contributed by atoms with Crippen LogP contribution in [0.1, 0.15) is 17.9 Å². The quantitative estimate of drug-likeness (QED) is 0.142. The third-order valence-corrected chi connectivity index (χ3v) is 8.46. The van der Waals surface area contributed by atoms with Crippen LogP contribution in [0, 0.1) is 5.92 Å². The molecule has 1 saturated carbocycles. The Labute approximate surface area is 282 Å². The fourth-order valence-electron chi connectivity index (χ4n) is 5.90. The maximum Gasteiger partial charge on any atom is 0.326 e. The Kier molecular flexibility index (Phi) is 7.63. The zero-order valence-electron chi connectivity index (χ0n) is 26.4. The Morgan fingerprint density at radius 3 is 2.32 bits per heavy atom. The summed E-state index contributed by atoms with van der Waals surface area (Å²) in [7, 11) is 1.61. The van der Waals surface area contributed by atoms with E-state index < -0.39 is 5.91 Å². The van der Waals surface area contributed by atoms with Crippen molar-refractivity contribution in [2.75, 3.05) is 17.7 Å². The molecule has 1 aliphatic carbocycles. The molecule has 5 aromatic heterocycles. The summed E-state index contributed by atoms with van der Waals surface area (Å²) in [4.78, 5) is 55.6. The highest BCUT2D eigenvalue weighted by molar-refractivity contribution is 5.94. The zero-order chi connectivity index (χ0) is 34.2. The minimum Gasteiger partial charge on any atom is -0.496 e. The molecule has 2 aromatic carbocycles. The molecule has 5 N–H and O–H groups in total. The van der Waals surface area contributed by atoms with Gasteiger partial charge in [-0.05, 0) is 65.9 Å². The molecule has 2 atom stereocenters. The van der Waals surface area contributed by atoms with E-state index in [1.165, 1.54) is 4.57 Å². The van der Waals surface area contributed by atoms with Gasteiger partial charge in [0.05, 0.1) is 18.1 Å². The summed E-state index contributed by atoms with van der Waals surface area (Å²) in [5.41, 5.74) is 4.70. The van der Waals surface area contributed by atoms with Gasteiger partial charge in [-0.1, -0.05) is 30.3 Å². The molecule has 2 amide bonds. The second-order valence-electron chi connectivity index (χ2n) is 11.7. The van der Waals surface area contributed by atoms with E-state index in [4.69, 9.17) is 4.74 Å². The Morgan fingerprint density at radius 2 is 1.58 bits per heavy atom. The Hall–Kier alpha value is -6.97. The molecule has 16 nitrogen and oxygen atoms in total. The van der Waals surface area contributed by atoms with Gasteiger partial charge in [-0.2, -0.15) is 0 Å². The first-order valence-corrected chi connectivity index (χ1v) is 15.6. The zero-order valence-corrected chi connectivity index (χ0v) is 26.4. The SMILES string of the molecule is COc1ccc(-c2ccc(-c3nnc(NC(=O)Cn4c(=O)[nH]c5ccccc54)[nH]3)nc2)cc1C1CC1C(=O)Nc1nnc(-c2ccccn2)[nH]1. The number of carbonyl (C=O) groups is 2. The van der Waals surface area contributed by atoms with Gasteiger partial charge in [0.15, 0.2) is 11.6 Å². The summed E-state index contributed by atoms with van der Waals surface area (Å²) >= 11 is 0. The van der Waals surface area contributed by atoms with E-state index in [9.17, 15) is 14.4 Å². The third kappa shape index (κ3) is 5.96. The standard InChI is InChI=1S/C34H28N12O4/c1-50-27-12-10-18(14-21(27)20-15-22(20)31(48)41-33-40-29(42-45-33)24-7-4-5-13-35-24)19-9-11-25(36-16-19)30-39-32(44-43-30)38-28(47)17-46-26-8-3-2-6-23(26)37-34(46)49/h2-14,16,20,22H,15,17H2,1H3,(H,37,49)(H2,38,39,43,44,47)(H2,40,41,42,45,48). The first-order valence-electron chi connectivity index (χ1n) is 15.6. The molecular formula is C34H28N12O4. The Balaban J connectivity index is 0.922. The molecular weight excluding hydrogens is 640 g/mol. The topological polar surface area (TPSA) is 214 Å². The van der Waals surface area contributed by atoms with Crippen molar-refractivity contribution in [2.24, 2.45) is 5.92 Å². The van der Waals surface area contributed by atoms with Crippen molar-refractivity contribution in [3.05, 3.63) is 101 Å². The maximum absolute atomic E-state index is 13.1. The largest absolute Gasteiger partial charge is 0.496 e. The van der Waals surface area contributed by atoms with Crippen molar-refractivity contribution < 1.29 is 14.3 Å². The highest BCUT2D eigenvalue weighted by Gasteiger charge is 2.45. The summed E-state index contributed by atoms with van der Waals surface area (Å²) in [6, 6.07) is 22.1. The van der Waals surface area contributed by atoms with Crippen LogP contribution < -0.4 is 21.1 Å². The number of carbonyl (C=O) groups excluding carboxylic acids is 2. The average Bonchev–Trinajstić information content (AvgIpc) is 3.40. The number of fused-ring (bicyclic) bond motifs is 1. The van der Waals surface area contributed by atoms with Crippen molar-refractivity contribution in [3.63, 3.8) is 0 Å². The summed E-state index contributed by atoms with van der Waals surface area (Å²) in [5, 5.41) is 21.7. The maximum atomic E-state index is 13.1. The average molecular weight is 669 g/mol.